The van der Waals surface area contributed by atoms with Crippen LogP contribution in [0.25, 0.3) is 11.1 Å². The van der Waals surface area contributed by atoms with Crippen LogP contribution in [0.4, 0.5) is 18.0 Å². The maximum Gasteiger partial charge on any atom is 0.419 e. The van der Waals surface area contributed by atoms with Gasteiger partial charge < -0.3 is 20.5 Å². The Labute approximate surface area is 228 Å². The zero-order chi connectivity index (χ0) is 28.9. The molecule has 1 aliphatic carbocycles. The van der Waals surface area contributed by atoms with E-state index in [-0.39, 0.29) is 19.1 Å². The van der Waals surface area contributed by atoms with Crippen LogP contribution in [0, 0.1) is 0 Å². The normalized spacial score (nSPS) is 14.1. The highest BCUT2D eigenvalue weighted by molar-refractivity contribution is 5.90. The van der Waals surface area contributed by atoms with Crippen LogP contribution in [-0.4, -0.2) is 66.4 Å². The number of aliphatic carboxylic acids is 1. The zero-order valence-corrected chi connectivity index (χ0v) is 21.5. The molecule has 40 heavy (non-hydrogen) atoms. The Kier molecular flexibility index (Phi) is 8.73. The topological polar surface area (TPSA) is 108 Å². The molecule has 0 aromatic heterocycles. The quantitative estimate of drug-likeness (QED) is 0.347. The molecule has 0 fully saturated rings. The molecule has 3 aromatic carbocycles. The van der Waals surface area contributed by atoms with Crippen LogP contribution in [0.1, 0.15) is 22.6 Å². The number of fused-ring (bicyclic) bond motifs is 3. The van der Waals surface area contributed by atoms with Crippen LogP contribution in [0.2, 0.25) is 0 Å². The average molecular weight is 556 g/mol. The number of halogens is 3. The van der Waals surface area contributed by atoms with E-state index in [4.69, 9.17) is 9.84 Å². The van der Waals surface area contributed by atoms with Crippen molar-refractivity contribution in [3.8, 4) is 11.1 Å². The summed E-state index contributed by atoms with van der Waals surface area (Å²) in [5.41, 5.74) is 4.81. The molecule has 0 saturated heterocycles. The predicted molar refractivity (Wildman–Crippen MR) is 140 cm³/mol. The summed E-state index contributed by atoms with van der Waals surface area (Å²) in [6.07, 6.45) is -6.25. The Morgan fingerprint density at radius 1 is 0.900 bits per heavy atom. The Hall–Kier alpha value is -4.38. The SMILES string of the molecule is CN(Cc1ccccc1)CC(NC(=O)OCC1c2ccccc2-c2ccccc21)C(=O)NC(C(=O)O)C(F)(F)F. The summed E-state index contributed by atoms with van der Waals surface area (Å²) in [5, 5.41) is 12.8. The van der Waals surface area contributed by atoms with E-state index in [1.54, 1.807) is 11.9 Å². The van der Waals surface area contributed by atoms with Gasteiger partial charge in [0.2, 0.25) is 11.9 Å². The second kappa shape index (κ2) is 12.2. The number of alkyl carbamates (subject to hydrolysis) is 1. The lowest BCUT2D eigenvalue weighted by Gasteiger charge is -2.26. The van der Waals surface area contributed by atoms with Gasteiger partial charge in [0, 0.05) is 19.0 Å². The molecule has 4 rings (SSSR count). The van der Waals surface area contributed by atoms with Crippen molar-refractivity contribution < 1.29 is 37.4 Å². The molecule has 2 atom stereocenters. The molecule has 1 aliphatic rings. The lowest BCUT2D eigenvalue weighted by atomic mass is 9.98. The first-order valence-corrected chi connectivity index (χ1v) is 12.5. The predicted octanol–water partition coefficient (Wildman–Crippen LogP) is 4.16. The van der Waals surface area contributed by atoms with Gasteiger partial charge in [-0.05, 0) is 34.9 Å². The summed E-state index contributed by atoms with van der Waals surface area (Å²) in [7, 11) is 1.62. The molecule has 3 aromatic rings. The van der Waals surface area contributed by atoms with Gasteiger partial charge in [0.15, 0.2) is 0 Å². The van der Waals surface area contributed by atoms with Gasteiger partial charge in [-0.25, -0.2) is 9.59 Å². The Balaban J connectivity index is 1.47. The van der Waals surface area contributed by atoms with Gasteiger partial charge >= 0.3 is 18.2 Å². The first-order valence-electron chi connectivity index (χ1n) is 12.5. The molecule has 0 bridgehead atoms. The number of nitrogens with zero attached hydrogens (tertiary/aromatic N) is 1. The fourth-order valence-corrected chi connectivity index (χ4v) is 4.77. The van der Waals surface area contributed by atoms with Gasteiger partial charge in [0.1, 0.15) is 12.6 Å². The van der Waals surface area contributed by atoms with E-state index in [0.717, 1.165) is 27.8 Å². The fraction of sp³-hybridized carbons (Fsp3) is 0.276. The summed E-state index contributed by atoms with van der Waals surface area (Å²) >= 11 is 0. The number of carboxylic acids is 1. The molecule has 0 heterocycles. The number of hydrogen-bond acceptors (Lipinski definition) is 5. The number of hydrogen-bond donors (Lipinski definition) is 3. The number of carboxylic acid groups (broad SMARTS) is 1. The third-order valence-electron chi connectivity index (χ3n) is 6.60. The van der Waals surface area contributed by atoms with Gasteiger partial charge in [-0.15, -0.1) is 0 Å². The van der Waals surface area contributed by atoms with Gasteiger partial charge in [-0.1, -0.05) is 78.9 Å². The number of likely N-dealkylation sites (N-methyl/N-ethyl adjacent to an activating group) is 1. The smallest absolute Gasteiger partial charge is 0.419 e. The Morgan fingerprint density at radius 3 is 2.00 bits per heavy atom. The van der Waals surface area contributed by atoms with Crippen molar-refractivity contribution in [2.24, 2.45) is 0 Å². The maximum atomic E-state index is 13.2. The average Bonchev–Trinajstić information content (AvgIpc) is 3.23. The second-order valence-electron chi connectivity index (χ2n) is 9.53. The molecule has 0 radical (unpaired) electrons. The van der Waals surface area contributed by atoms with Crippen molar-refractivity contribution in [2.45, 2.75) is 30.7 Å². The molecular formula is C29H28F3N3O5. The molecule has 3 N–H and O–H groups in total. The molecule has 0 spiro atoms. The van der Waals surface area contributed by atoms with Gasteiger partial charge in [-0.3, -0.25) is 9.69 Å². The molecule has 2 amide bonds. The van der Waals surface area contributed by atoms with Crippen LogP contribution in [0.15, 0.2) is 78.9 Å². The molecule has 2 unspecified atom stereocenters. The minimum atomic E-state index is -5.23. The lowest BCUT2D eigenvalue weighted by Crippen LogP contribution is -2.58. The van der Waals surface area contributed by atoms with Crippen LogP contribution in [0.3, 0.4) is 0 Å². The van der Waals surface area contributed by atoms with Crippen molar-refractivity contribution in [2.75, 3.05) is 20.2 Å². The number of rotatable bonds is 10. The minimum absolute atomic E-state index is 0.0750. The van der Waals surface area contributed by atoms with E-state index in [1.165, 1.54) is 5.32 Å². The fourth-order valence-electron chi connectivity index (χ4n) is 4.77. The lowest BCUT2D eigenvalue weighted by molar-refractivity contribution is -0.182. The van der Waals surface area contributed by atoms with E-state index in [1.807, 2.05) is 78.9 Å². The first kappa shape index (κ1) is 28.6. The van der Waals surface area contributed by atoms with Crippen molar-refractivity contribution in [1.29, 1.82) is 0 Å². The number of amides is 2. The minimum Gasteiger partial charge on any atom is -0.479 e. The summed E-state index contributed by atoms with van der Waals surface area (Å²) in [5.74, 6) is -3.84. The summed E-state index contributed by atoms with van der Waals surface area (Å²) in [4.78, 5) is 38.5. The molecule has 8 nitrogen and oxygen atoms in total. The standard InChI is InChI=1S/C29H28F3N3O5/c1-35(15-18-9-3-2-4-10-18)16-24(26(36)34-25(27(37)38)29(30,31)32)33-28(39)40-17-23-21-13-7-5-11-19(21)20-12-6-8-14-22(20)23/h2-14,23-25H,15-17H2,1H3,(H,33,39)(H,34,36)(H,37,38). The highest BCUT2D eigenvalue weighted by Gasteiger charge is 2.47. The first-order chi connectivity index (χ1) is 19.0. The van der Waals surface area contributed by atoms with Crippen molar-refractivity contribution >= 4 is 18.0 Å². The number of benzene rings is 3. The second-order valence-corrected chi connectivity index (χ2v) is 9.53. The third kappa shape index (κ3) is 6.78. The number of alkyl halides is 3. The van der Waals surface area contributed by atoms with Gasteiger partial charge in [0.25, 0.3) is 0 Å². The number of nitrogens with one attached hydrogen (secondary N) is 2. The third-order valence-corrected chi connectivity index (χ3v) is 6.60. The molecule has 0 saturated carbocycles. The Morgan fingerprint density at radius 2 is 1.45 bits per heavy atom. The number of carbonyl (C=O) groups is 3. The maximum absolute atomic E-state index is 13.2. The molecule has 0 aliphatic heterocycles. The van der Waals surface area contributed by atoms with Crippen molar-refractivity contribution in [1.82, 2.24) is 15.5 Å². The molecule has 210 valence electrons. The number of carbonyl (C=O) groups excluding carboxylic acids is 2. The summed E-state index contributed by atoms with van der Waals surface area (Å²) in [6.45, 7) is 0.0299. The Bertz CT molecular complexity index is 1320. The van der Waals surface area contributed by atoms with Crippen molar-refractivity contribution in [3.05, 3.63) is 95.6 Å². The largest absolute Gasteiger partial charge is 0.479 e. The van der Waals surface area contributed by atoms with Crippen LogP contribution in [0.5, 0.6) is 0 Å². The van der Waals surface area contributed by atoms with Gasteiger partial charge in [-0.2, -0.15) is 13.2 Å². The van der Waals surface area contributed by atoms with Gasteiger partial charge in [0.05, 0.1) is 0 Å². The van der Waals surface area contributed by atoms with Crippen molar-refractivity contribution in [3.63, 3.8) is 0 Å². The molecule has 11 heteroatoms. The van der Waals surface area contributed by atoms with E-state index < -0.39 is 36.2 Å². The van der Waals surface area contributed by atoms with E-state index in [0.29, 0.717) is 6.54 Å². The summed E-state index contributed by atoms with van der Waals surface area (Å²) in [6, 6.07) is 19.8. The van der Waals surface area contributed by atoms with Crippen LogP contribution in [-0.2, 0) is 20.9 Å². The highest BCUT2D eigenvalue weighted by atomic mass is 19.4. The van der Waals surface area contributed by atoms with Crippen LogP contribution >= 0.6 is 0 Å². The monoisotopic (exact) mass is 555 g/mol. The zero-order valence-electron chi connectivity index (χ0n) is 21.5. The number of ether oxygens (including phenoxy) is 1. The molecular weight excluding hydrogens is 527 g/mol. The van der Waals surface area contributed by atoms with E-state index in [9.17, 15) is 27.6 Å². The van der Waals surface area contributed by atoms with E-state index in [2.05, 4.69) is 5.32 Å². The van der Waals surface area contributed by atoms with E-state index >= 15 is 0 Å². The summed E-state index contributed by atoms with van der Waals surface area (Å²) < 4.78 is 45.1. The highest BCUT2D eigenvalue weighted by Crippen LogP contribution is 2.44. The van der Waals surface area contributed by atoms with Crippen LogP contribution < -0.4 is 10.6 Å².